The first-order valence-corrected chi connectivity index (χ1v) is 9.92. The highest BCUT2D eigenvalue weighted by Crippen LogP contribution is 2.39. The third-order valence-corrected chi connectivity index (χ3v) is 5.17. The molecule has 0 aliphatic heterocycles. The van der Waals surface area contributed by atoms with Gasteiger partial charge in [0.1, 0.15) is 5.60 Å². The normalized spacial score (nSPS) is 17.6. The number of carbonyl (C=O) groups excluding carboxylic acids is 2. The molecule has 0 bridgehead atoms. The second-order valence-electron chi connectivity index (χ2n) is 8.85. The molecule has 1 aromatic rings. The summed E-state index contributed by atoms with van der Waals surface area (Å²) in [6.07, 6.45) is 2.65. The lowest BCUT2D eigenvalue weighted by atomic mass is 9.92. The summed E-state index contributed by atoms with van der Waals surface area (Å²) in [5.74, 6) is 0.126. The van der Waals surface area contributed by atoms with Crippen LogP contribution in [0.1, 0.15) is 71.4 Å². The minimum Gasteiger partial charge on any atom is -0.444 e. The molecule has 0 saturated heterocycles. The fraction of sp³-hybridized carbons (Fsp3) is 0.636. The van der Waals surface area contributed by atoms with Crippen LogP contribution in [0.25, 0.3) is 0 Å². The van der Waals surface area contributed by atoms with Crippen LogP contribution in [0.2, 0.25) is 0 Å². The number of amides is 2. The van der Waals surface area contributed by atoms with E-state index in [9.17, 15) is 9.59 Å². The van der Waals surface area contributed by atoms with Gasteiger partial charge >= 0.3 is 6.09 Å². The molecule has 1 aliphatic rings. The molecule has 1 fully saturated rings. The van der Waals surface area contributed by atoms with Gasteiger partial charge in [0, 0.05) is 6.54 Å². The van der Waals surface area contributed by atoms with Crippen LogP contribution in [0.4, 0.5) is 4.79 Å². The molecule has 150 valence electrons. The van der Waals surface area contributed by atoms with Gasteiger partial charge in [-0.1, -0.05) is 31.2 Å². The predicted octanol–water partition coefficient (Wildman–Crippen LogP) is 4.16. The lowest BCUT2D eigenvalue weighted by Gasteiger charge is -2.33. The zero-order valence-corrected chi connectivity index (χ0v) is 17.5. The summed E-state index contributed by atoms with van der Waals surface area (Å²) in [6.45, 7) is 11.9. The molecule has 5 heteroatoms. The van der Waals surface area contributed by atoms with Crippen molar-refractivity contribution in [2.75, 3.05) is 6.54 Å². The Morgan fingerprint density at radius 1 is 1.15 bits per heavy atom. The van der Waals surface area contributed by atoms with E-state index in [1.807, 2.05) is 46.8 Å². The minimum atomic E-state index is -0.539. The van der Waals surface area contributed by atoms with Crippen LogP contribution in [0.3, 0.4) is 0 Å². The van der Waals surface area contributed by atoms with E-state index in [-0.39, 0.29) is 11.8 Å². The largest absolute Gasteiger partial charge is 0.444 e. The van der Waals surface area contributed by atoms with Gasteiger partial charge in [-0.05, 0) is 70.9 Å². The van der Waals surface area contributed by atoms with Crippen molar-refractivity contribution in [1.82, 2.24) is 10.6 Å². The summed E-state index contributed by atoms with van der Waals surface area (Å²) in [6, 6.07) is 8.19. The van der Waals surface area contributed by atoms with E-state index in [0.717, 1.165) is 24.8 Å². The van der Waals surface area contributed by atoms with Crippen molar-refractivity contribution in [3.8, 4) is 0 Å². The standard InChI is InChI=1S/C22H34N2O3/c1-7-16-8-10-17(11-9-16)15(2)19(25)24-22(6,18-12-13-18)14-23-20(26)27-21(3,4)5/h8-11,15,18H,7,12-14H2,1-6H3,(H,23,26)(H,24,25). The van der Waals surface area contributed by atoms with E-state index in [1.165, 1.54) is 5.56 Å². The Morgan fingerprint density at radius 2 is 1.74 bits per heavy atom. The summed E-state index contributed by atoms with van der Waals surface area (Å²) in [5, 5.41) is 6.02. The molecule has 0 spiro atoms. The quantitative estimate of drug-likeness (QED) is 0.753. The Labute approximate surface area is 163 Å². The number of benzene rings is 1. The summed E-state index contributed by atoms with van der Waals surface area (Å²) < 4.78 is 5.31. The van der Waals surface area contributed by atoms with Crippen LogP contribution in [0, 0.1) is 5.92 Å². The van der Waals surface area contributed by atoms with Gasteiger partial charge in [0.15, 0.2) is 0 Å². The van der Waals surface area contributed by atoms with Crippen molar-refractivity contribution in [2.45, 2.75) is 77.9 Å². The fourth-order valence-corrected chi connectivity index (χ4v) is 3.16. The van der Waals surface area contributed by atoms with E-state index in [1.54, 1.807) is 0 Å². The first-order chi connectivity index (χ1) is 12.5. The van der Waals surface area contributed by atoms with Crippen LogP contribution in [-0.4, -0.2) is 29.7 Å². The van der Waals surface area contributed by atoms with Crippen molar-refractivity contribution in [2.24, 2.45) is 5.92 Å². The molecular weight excluding hydrogens is 340 g/mol. The van der Waals surface area contributed by atoms with Crippen molar-refractivity contribution in [3.63, 3.8) is 0 Å². The number of hydrogen-bond acceptors (Lipinski definition) is 3. The molecule has 2 atom stereocenters. The maximum atomic E-state index is 12.9. The van der Waals surface area contributed by atoms with E-state index in [2.05, 4.69) is 29.7 Å². The number of aryl methyl sites for hydroxylation is 1. The molecule has 2 unspecified atom stereocenters. The number of ether oxygens (including phenoxy) is 1. The first kappa shape index (κ1) is 21.3. The number of alkyl carbamates (subject to hydrolysis) is 1. The predicted molar refractivity (Wildman–Crippen MR) is 108 cm³/mol. The second-order valence-corrected chi connectivity index (χ2v) is 8.85. The fourth-order valence-electron chi connectivity index (χ4n) is 3.16. The first-order valence-electron chi connectivity index (χ1n) is 9.92. The molecule has 2 rings (SSSR count). The van der Waals surface area contributed by atoms with E-state index >= 15 is 0 Å². The molecule has 27 heavy (non-hydrogen) atoms. The molecule has 1 saturated carbocycles. The average Bonchev–Trinajstić information content (AvgIpc) is 3.43. The molecule has 2 amide bonds. The summed E-state index contributed by atoms with van der Waals surface area (Å²) in [7, 11) is 0. The summed E-state index contributed by atoms with van der Waals surface area (Å²) >= 11 is 0. The lowest BCUT2D eigenvalue weighted by molar-refractivity contribution is -0.124. The Bertz CT molecular complexity index is 659. The highest BCUT2D eigenvalue weighted by molar-refractivity contribution is 5.84. The third kappa shape index (κ3) is 6.26. The van der Waals surface area contributed by atoms with E-state index in [0.29, 0.717) is 12.5 Å². The third-order valence-electron chi connectivity index (χ3n) is 5.17. The van der Waals surface area contributed by atoms with Gasteiger partial charge < -0.3 is 15.4 Å². The molecule has 2 N–H and O–H groups in total. The molecule has 0 radical (unpaired) electrons. The zero-order chi connectivity index (χ0) is 20.2. The minimum absolute atomic E-state index is 0.0142. The monoisotopic (exact) mass is 374 g/mol. The molecule has 1 aromatic carbocycles. The van der Waals surface area contributed by atoms with Crippen LogP contribution < -0.4 is 10.6 Å². The van der Waals surface area contributed by atoms with Crippen LogP contribution in [0.5, 0.6) is 0 Å². The smallest absolute Gasteiger partial charge is 0.407 e. The van der Waals surface area contributed by atoms with Crippen molar-refractivity contribution in [3.05, 3.63) is 35.4 Å². The zero-order valence-electron chi connectivity index (χ0n) is 17.5. The van der Waals surface area contributed by atoms with E-state index < -0.39 is 17.2 Å². The highest BCUT2D eigenvalue weighted by Gasteiger charge is 2.43. The average molecular weight is 375 g/mol. The second kappa shape index (κ2) is 8.32. The maximum absolute atomic E-state index is 12.9. The Balaban J connectivity index is 1.99. The number of hydrogen-bond donors (Lipinski definition) is 2. The van der Waals surface area contributed by atoms with E-state index in [4.69, 9.17) is 4.74 Å². The Kier molecular flexibility index (Phi) is 6.55. The van der Waals surface area contributed by atoms with Crippen LogP contribution in [-0.2, 0) is 16.0 Å². The van der Waals surface area contributed by atoms with Gasteiger partial charge in [-0.25, -0.2) is 4.79 Å². The highest BCUT2D eigenvalue weighted by atomic mass is 16.6. The Morgan fingerprint density at radius 3 is 2.22 bits per heavy atom. The number of rotatable bonds is 7. The van der Waals surface area contributed by atoms with Crippen molar-refractivity contribution in [1.29, 1.82) is 0 Å². The molecule has 5 nitrogen and oxygen atoms in total. The van der Waals surface area contributed by atoms with Gasteiger partial charge in [-0.2, -0.15) is 0 Å². The topological polar surface area (TPSA) is 67.4 Å². The number of carbonyl (C=O) groups is 2. The van der Waals surface area contributed by atoms with Gasteiger partial charge in [0.05, 0.1) is 11.5 Å². The molecule has 0 aromatic heterocycles. The van der Waals surface area contributed by atoms with Crippen molar-refractivity contribution < 1.29 is 14.3 Å². The van der Waals surface area contributed by atoms with Gasteiger partial charge in [-0.3, -0.25) is 4.79 Å². The van der Waals surface area contributed by atoms with Gasteiger partial charge in [0.25, 0.3) is 0 Å². The lowest BCUT2D eigenvalue weighted by Crippen LogP contribution is -2.56. The number of nitrogens with one attached hydrogen (secondary N) is 2. The van der Waals surface area contributed by atoms with Crippen LogP contribution >= 0.6 is 0 Å². The van der Waals surface area contributed by atoms with Gasteiger partial charge in [-0.15, -0.1) is 0 Å². The summed E-state index contributed by atoms with van der Waals surface area (Å²) in [5.41, 5.74) is 1.26. The van der Waals surface area contributed by atoms with Crippen LogP contribution in [0.15, 0.2) is 24.3 Å². The Hall–Kier alpha value is -2.04. The van der Waals surface area contributed by atoms with Gasteiger partial charge in [0.2, 0.25) is 5.91 Å². The molecule has 1 aliphatic carbocycles. The molecule has 0 heterocycles. The molecular formula is C22H34N2O3. The van der Waals surface area contributed by atoms with Crippen molar-refractivity contribution >= 4 is 12.0 Å². The SMILES string of the molecule is CCc1ccc(C(C)C(=O)NC(C)(CNC(=O)OC(C)(C)C)C2CC2)cc1. The summed E-state index contributed by atoms with van der Waals surface area (Å²) in [4.78, 5) is 24.9. The maximum Gasteiger partial charge on any atom is 0.407 e.